The average Bonchev–Trinajstić information content (AvgIpc) is 1.97. The number of nitrogens with two attached hydrogens (primary N) is 1. The van der Waals surface area contributed by atoms with E-state index in [4.69, 9.17) is 5.73 Å². The molecule has 11 heavy (non-hydrogen) atoms. The highest BCUT2D eigenvalue weighted by molar-refractivity contribution is 9.14. The Bertz CT molecular complexity index is 270. The van der Waals surface area contributed by atoms with E-state index >= 15 is 0 Å². The van der Waals surface area contributed by atoms with Crippen LogP contribution in [0.3, 0.4) is 0 Å². The normalized spacial score (nSPS) is 10.2. The lowest BCUT2D eigenvalue weighted by Crippen LogP contribution is -1.91. The number of rotatable bonds is 0. The molecule has 1 rings (SSSR count). The molecule has 0 saturated heterocycles. The largest absolute Gasteiger partial charge is 0.398 e. The fraction of sp³-hybridized carbons (Fsp3) is 0.143. The average molecular weight is 344 g/mol. The Labute approximate surface area is 90.7 Å². The van der Waals surface area contributed by atoms with Gasteiger partial charge in [-0.3, -0.25) is 0 Å². The predicted octanol–water partition coefficient (Wildman–Crippen LogP) is 3.86. The van der Waals surface area contributed by atoms with Crippen LogP contribution in [0, 0.1) is 6.92 Å². The summed E-state index contributed by atoms with van der Waals surface area (Å²) in [5.41, 5.74) is 7.59. The van der Waals surface area contributed by atoms with Crippen LogP contribution in [0.25, 0.3) is 0 Å². The molecule has 60 valence electrons. The van der Waals surface area contributed by atoms with Gasteiger partial charge >= 0.3 is 0 Å². The van der Waals surface area contributed by atoms with E-state index in [1.165, 1.54) is 0 Å². The third-order valence-electron chi connectivity index (χ3n) is 1.41. The van der Waals surface area contributed by atoms with E-state index in [2.05, 4.69) is 47.8 Å². The molecule has 0 heterocycles. The molecule has 0 spiro atoms. The summed E-state index contributed by atoms with van der Waals surface area (Å²) in [6.07, 6.45) is 0. The summed E-state index contributed by atoms with van der Waals surface area (Å²) in [6.45, 7) is 1.97. The van der Waals surface area contributed by atoms with Crippen LogP contribution in [0.15, 0.2) is 19.5 Å². The highest BCUT2D eigenvalue weighted by atomic mass is 79.9. The zero-order chi connectivity index (χ0) is 8.59. The maximum absolute atomic E-state index is 5.75. The summed E-state index contributed by atoms with van der Waals surface area (Å²) in [5.74, 6) is 0. The van der Waals surface area contributed by atoms with Gasteiger partial charge in [0.25, 0.3) is 0 Å². The summed E-state index contributed by atoms with van der Waals surface area (Å²) in [4.78, 5) is 0. The first kappa shape index (κ1) is 9.55. The second-order valence-electron chi connectivity index (χ2n) is 2.22. The first-order chi connectivity index (χ1) is 5.04. The fourth-order valence-electron chi connectivity index (χ4n) is 0.727. The van der Waals surface area contributed by atoms with E-state index in [-0.39, 0.29) is 0 Å². The summed E-state index contributed by atoms with van der Waals surface area (Å²) in [7, 11) is 0. The molecule has 1 nitrogen and oxygen atoms in total. The zero-order valence-corrected chi connectivity index (χ0v) is 10.5. The molecular formula is C7H6Br3N. The van der Waals surface area contributed by atoms with Gasteiger partial charge in [0.05, 0.1) is 10.2 Å². The highest BCUT2D eigenvalue weighted by Crippen LogP contribution is 2.37. The maximum Gasteiger partial charge on any atom is 0.0561 e. The molecule has 4 heteroatoms. The van der Waals surface area contributed by atoms with Crippen molar-refractivity contribution >= 4 is 53.5 Å². The van der Waals surface area contributed by atoms with Crippen molar-refractivity contribution < 1.29 is 0 Å². The van der Waals surface area contributed by atoms with E-state index in [1.807, 2.05) is 13.0 Å². The van der Waals surface area contributed by atoms with E-state index in [9.17, 15) is 0 Å². The molecule has 0 saturated carbocycles. The molecule has 1 aromatic rings. The Morgan fingerprint density at radius 1 is 1.18 bits per heavy atom. The van der Waals surface area contributed by atoms with E-state index in [0.29, 0.717) is 0 Å². The number of hydrogen-bond donors (Lipinski definition) is 1. The van der Waals surface area contributed by atoms with Gasteiger partial charge in [0.15, 0.2) is 0 Å². The van der Waals surface area contributed by atoms with Crippen molar-refractivity contribution in [3.8, 4) is 0 Å². The molecule has 0 aliphatic carbocycles. The van der Waals surface area contributed by atoms with Gasteiger partial charge in [0.2, 0.25) is 0 Å². The molecule has 0 radical (unpaired) electrons. The minimum Gasteiger partial charge on any atom is -0.398 e. The van der Waals surface area contributed by atoms with Crippen molar-refractivity contribution in [3.63, 3.8) is 0 Å². The van der Waals surface area contributed by atoms with Crippen LogP contribution >= 0.6 is 47.8 Å². The minimum atomic E-state index is 0.778. The molecule has 2 N–H and O–H groups in total. The van der Waals surface area contributed by atoms with Crippen molar-refractivity contribution in [3.05, 3.63) is 25.0 Å². The second-order valence-corrected chi connectivity index (χ2v) is 4.66. The topological polar surface area (TPSA) is 26.0 Å². The van der Waals surface area contributed by atoms with Gasteiger partial charge in [-0.15, -0.1) is 0 Å². The molecule has 0 bridgehead atoms. The number of anilines is 1. The second kappa shape index (κ2) is 3.46. The number of benzene rings is 1. The van der Waals surface area contributed by atoms with Gasteiger partial charge in [0.1, 0.15) is 0 Å². The molecule has 0 atom stereocenters. The Kier molecular flexibility index (Phi) is 3.00. The van der Waals surface area contributed by atoms with E-state index in [0.717, 1.165) is 24.7 Å². The molecule has 0 aliphatic rings. The Morgan fingerprint density at radius 2 is 1.73 bits per heavy atom. The van der Waals surface area contributed by atoms with Crippen LogP contribution in [-0.2, 0) is 0 Å². The molecular weight excluding hydrogens is 338 g/mol. The Morgan fingerprint density at radius 3 is 2.27 bits per heavy atom. The van der Waals surface area contributed by atoms with Gasteiger partial charge in [-0.2, -0.15) is 0 Å². The fourth-order valence-corrected chi connectivity index (χ4v) is 2.39. The lowest BCUT2D eigenvalue weighted by Gasteiger charge is -2.06. The van der Waals surface area contributed by atoms with Crippen LogP contribution < -0.4 is 5.73 Å². The van der Waals surface area contributed by atoms with Crippen molar-refractivity contribution in [1.29, 1.82) is 0 Å². The lowest BCUT2D eigenvalue weighted by atomic mass is 10.2. The van der Waals surface area contributed by atoms with Crippen LogP contribution in [0.1, 0.15) is 5.56 Å². The van der Waals surface area contributed by atoms with Gasteiger partial charge in [-0.05, 0) is 66.3 Å². The van der Waals surface area contributed by atoms with Crippen LogP contribution in [0.4, 0.5) is 5.69 Å². The quantitative estimate of drug-likeness (QED) is 0.561. The molecule has 0 amide bonds. The van der Waals surface area contributed by atoms with Gasteiger partial charge in [-0.1, -0.05) is 0 Å². The molecule has 0 aromatic heterocycles. The predicted molar refractivity (Wildman–Crippen MR) is 58.7 cm³/mol. The van der Waals surface area contributed by atoms with Crippen molar-refractivity contribution in [2.75, 3.05) is 5.73 Å². The summed E-state index contributed by atoms with van der Waals surface area (Å²) >= 11 is 10.2. The number of hydrogen-bond acceptors (Lipinski definition) is 1. The Hall–Kier alpha value is 0.460. The minimum absolute atomic E-state index is 0.778. The molecule has 0 fully saturated rings. The molecule has 0 unspecified atom stereocenters. The first-order valence-electron chi connectivity index (χ1n) is 2.93. The number of nitrogen functional groups attached to an aromatic ring is 1. The smallest absolute Gasteiger partial charge is 0.0561 e. The van der Waals surface area contributed by atoms with Crippen molar-refractivity contribution in [2.45, 2.75) is 6.92 Å². The summed E-state index contributed by atoms with van der Waals surface area (Å²) in [5, 5.41) is 0. The monoisotopic (exact) mass is 341 g/mol. The third kappa shape index (κ3) is 1.79. The van der Waals surface area contributed by atoms with Gasteiger partial charge in [0, 0.05) is 8.95 Å². The van der Waals surface area contributed by atoms with Crippen LogP contribution in [0.5, 0.6) is 0 Å². The van der Waals surface area contributed by atoms with Crippen molar-refractivity contribution in [1.82, 2.24) is 0 Å². The first-order valence-corrected chi connectivity index (χ1v) is 5.31. The number of halogens is 3. The SMILES string of the molecule is Cc1cc(Br)c(Br)c(Br)c1N. The highest BCUT2D eigenvalue weighted by Gasteiger charge is 2.07. The summed E-state index contributed by atoms with van der Waals surface area (Å²) in [6, 6.07) is 1.98. The lowest BCUT2D eigenvalue weighted by molar-refractivity contribution is 1.41. The van der Waals surface area contributed by atoms with E-state index in [1.54, 1.807) is 0 Å². The maximum atomic E-state index is 5.75. The Balaban J connectivity index is 3.46. The zero-order valence-electron chi connectivity index (χ0n) is 5.79. The van der Waals surface area contributed by atoms with E-state index < -0.39 is 0 Å². The van der Waals surface area contributed by atoms with Crippen LogP contribution in [0.2, 0.25) is 0 Å². The number of aryl methyl sites for hydroxylation is 1. The van der Waals surface area contributed by atoms with Gasteiger partial charge in [-0.25, -0.2) is 0 Å². The van der Waals surface area contributed by atoms with Crippen LogP contribution in [-0.4, -0.2) is 0 Å². The van der Waals surface area contributed by atoms with Gasteiger partial charge < -0.3 is 5.73 Å². The molecule has 1 aromatic carbocycles. The summed E-state index contributed by atoms with van der Waals surface area (Å²) < 4.78 is 2.88. The molecule has 0 aliphatic heterocycles. The third-order valence-corrected chi connectivity index (χ3v) is 4.74. The van der Waals surface area contributed by atoms with Crippen molar-refractivity contribution in [2.24, 2.45) is 0 Å². The standard InChI is InChI=1S/C7H6Br3N/c1-3-2-4(8)5(9)6(10)7(3)11/h2H,11H2,1H3.